The van der Waals surface area contributed by atoms with Crippen molar-refractivity contribution in [2.75, 3.05) is 0 Å². The van der Waals surface area contributed by atoms with Gasteiger partial charge in [-0.2, -0.15) is 0 Å². The molecule has 0 saturated carbocycles. The maximum Gasteiger partial charge on any atom is 0.307 e. The molecule has 0 saturated heterocycles. The number of H-pyrrole nitrogens is 1. The molecule has 0 amide bonds. The zero-order chi connectivity index (χ0) is 15.9. The van der Waals surface area contributed by atoms with Gasteiger partial charge in [0.1, 0.15) is 11.6 Å². The van der Waals surface area contributed by atoms with Crippen LogP contribution >= 0.6 is 11.6 Å². The highest BCUT2D eigenvalue weighted by molar-refractivity contribution is 6.31. The van der Waals surface area contributed by atoms with Crippen molar-refractivity contribution in [3.05, 3.63) is 58.6 Å². The van der Waals surface area contributed by atoms with E-state index in [1.165, 1.54) is 6.07 Å². The van der Waals surface area contributed by atoms with Gasteiger partial charge in [-0.05, 0) is 35.9 Å². The molecule has 0 aliphatic heterocycles. The molecule has 1 aromatic heterocycles. The van der Waals surface area contributed by atoms with Crippen molar-refractivity contribution in [1.29, 1.82) is 0 Å². The number of hydrogen-bond donors (Lipinski definition) is 2. The van der Waals surface area contributed by atoms with Crippen LogP contribution in [0.15, 0.2) is 36.4 Å². The van der Waals surface area contributed by atoms with E-state index in [4.69, 9.17) is 16.7 Å². The second-order valence-electron chi connectivity index (χ2n) is 4.86. The molecule has 22 heavy (non-hydrogen) atoms. The van der Waals surface area contributed by atoms with E-state index in [1.54, 1.807) is 18.2 Å². The van der Waals surface area contributed by atoms with Gasteiger partial charge >= 0.3 is 5.97 Å². The van der Waals surface area contributed by atoms with E-state index in [9.17, 15) is 13.6 Å². The zero-order valence-corrected chi connectivity index (χ0v) is 11.9. The van der Waals surface area contributed by atoms with Crippen LogP contribution in [0.3, 0.4) is 0 Å². The largest absolute Gasteiger partial charge is 0.481 e. The first kappa shape index (κ1) is 14.5. The molecular formula is C16H10ClF2NO2. The van der Waals surface area contributed by atoms with Crippen LogP contribution in [-0.4, -0.2) is 16.1 Å². The molecule has 112 valence electrons. The second-order valence-corrected chi connectivity index (χ2v) is 5.30. The quantitative estimate of drug-likeness (QED) is 0.751. The fraction of sp³-hybridized carbons (Fsp3) is 0.0625. The molecule has 0 aliphatic rings. The van der Waals surface area contributed by atoms with Gasteiger partial charge in [-0.25, -0.2) is 8.78 Å². The Labute approximate surface area is 129 Å². The van der Waals surface area contributed by atoms with Crippen LogP contribution in [0.4, 0.5) is 8.78 Å². The van der Waals surface area contributed by atoms with Crippen LogP contribution in [0.25, 0.3) is 22.2 Å². The number of benzene rings is 2. The highest BCUT2D eigenvalue weighted by atomic mass is 35.5. The van der Waals surface area contributed by atoms with Gasteiger partial charge in [0.05, 0.1) is 12.1 Å². The Morgan fingerprint density at radius 3 is 2.64 bits per heavy atom. The molecular weight excluding hydrogens is 312 g/mol. The number of carboxylic acids is 1. The molecule has 0 fully saturated rings. The lowest BCUT2D eigenvalue weighted by Gasteiger charge is -2.05. The molecule has 0 unspecified atom stereocenters. The monoisotopic (exact) mass is 321 g/mol. The van der Waals surface area contributed by atoms with Crippen LogP contribution in [0.5, 0.6) is 0 Å². The molecule has 0 radical (unpaired) electrons. The third-order valence-electron chi connectivity index (χ3n) is 3.40. The summed E-state index contributed by atoms with van der Waals surface area (Å²) < 4.78 is 27.1. The average Bonchev–Trinajstić information content (AvgIpc) is 2.76. The summed E-state index contributed by atoms with van der Waals surface area (Å²) in [5, 5.41) is 10.2. The Morgan fingerprint density at radius 2 is 1.95 bits per heavy atom. The summed E-state index contributed by atoms with van der Waals surface area (Å²) in [6.45, 7) is 0. The average molecular weight is 322 g/mol. The topological polar surface area (TPSA) is 53.1 Å². The number of aromatic nitrogens is 1. The fourth-order valence-corrected chi connectivity index (χ4v) is 2.65. The van der Waals surface area contributed by atoms with Crippen molar-refractivity contribution in [3.8, 4) is 11.3 Å². The smallest absolute Gasteiger partial charge is 0.307 e. The van der Waals surface area contributed by atoms with Crippen molar-refractivity contribution in [1.82, 2.24) is 4.98 Å². The van der Waals surface area contributed by atoms with E-state index in [2.05, 4.69) is 4.98 Å². The van der Waals surface area contributed by atoms with Gasteiger partial charge in [0, 0.05) is 27.6 Å². The molecule has 6 heteroatoms. The Hall–Kier alpha value is -2.40. The van der Waals surface area contributed by atoms with Gasteiger partial charge < -0.3 is 10.1 Å². The number of aromatic amines is 1. The minimum Gasteiger partial charge on any atom is -0.481 e. The number of nitrogens with one attached hydrogen (secondary N) is 1. The summed E-state index contributed by atoms with van der Waals surface area (Å²) in [4.78, 5) is 14.1. The first-order chi connectivity index (χ1) is 10.5. The number of hydrogen-bond acceptors (Lipinski definition) is 1. The summed E-state index contributed by atoms with van der Waals surface area (Å²) in [6, 6.07) is 8.13. The van der Waals surface area contributed by atoms with E-state index in [1.807, 2.05) is 0 Å². The molecule has 0 aliphatic carbocycles. The molecule has 2 N–H and O–H groups in total. The molecule has 0 atom stereocenters. The summed E-state index contributed by atoms with van der Waals surface area (Å²) >= 11 is 5.95. The van der Waals surface area contributed by atoms with Gasteiger partial charge in [-0.15, -0.1) is 0 Å². The van der Waals surface area contributed by atoms with Crippen molar-refractivity contribution in [2.24, 2.45) is 0 Å². The van der Waals surface area contributed by atoms with Crippen LogP contribution in [0.1, 0.15) is 5.56 Å². The Balaban J connectivity index is 2.30. The highest BCUT2D eigenvalue weighted by Crippen LogP contribution is 2.33. The second kappa shape index (κ2) is 5.42. The Bertz CT molecular complexity index is 889. The summed E-state index contributed by atoms with van der Waals surface area (Å²) in [6.07, 6.45) is -0.299. The molecule has 3 nitrogen and oxygen atoms in total. The number of carbonyl (C=O) groups is 1. The van der Waals surface area contributed by atoms with E-state index in [0.29, 0.717) is 27.2 Å². The van der Waals surface area contributed by atoms with Crippen molar-refractivity contribution in [3.63, 3.8) is 0 Å². The van der Waals surface area contributed by atoms with Crippen LogP contribution in [-0.2, 0) is 11.2 Å². The molecule has 2 aromatic carbocycles. The summed E-state index contributed by atoms with van der Waals surface area (Å²) in [7, 11) is 0. The number of aliphatic carboxylic acids is 1. The van der Waals surface area contributed by atoms with Crippen molar-refractivity contribution < 1.29 is 18.7 Å². The molecule has 0 spiro atoms. The SMILES string of the molecule is O=C(O)Cc1c(-c2ccc(F)cc2F)[nH]c2ccc(Cl)cc12. The number of carboxylic acid groups (broad SMARTS) is 1. The molecule has 1 heterocycles. The lowest BCUT2D eigenvalue weighted by Crippen LogP contribution is -2.01. The van der Waals surface area contributed by atoms with Crippen LogP contribution < -0.4 is 0 Å². The van der Waals surface area contributed by atoms with E-state index < -0.39 is 17.6 Å². The van der Waals surface area contributed by atoms with E-state index in [-0.39, 0.29) is 12.0 Å². The Morgan fingerprint density at radius 1 is 1.18 bits per heavy atom. The van der Waals surface area contributed by atoms with Crippen LogP contribution in [0, 0.1) is 11.6 Å². The highest BCUT2D eigenvalue weighted by Gasteiger charge is 2.18. The number of rotatable bonds is 3. The maximum atomic E-state index is 14.0. The molecule has 3 rings (SSSR count). The summed E-state index contributed by atoms with van der Waals surface area (Å²) in [5.74, 6) is -2.51. The number of halogens is 3. The third kappa shape index (κ3) is 2.55. The van der Waals surface area contributed by atoms with Gasteiger partial charge in [-0.3, -0.25) is 4.79 Å². The standard InChI is InChI=1S/C16H10ClF2NO2/c17-8-1-4-14-11(5-8)12(7-15(21)22)16(20-14)10-3-2-9(18)6-13(10)19/h1-6,20H,7H2,(H,21,22). The maximum absolute atomic E-state index is 14.0. The molecule has 3 aromatic rings. The zero-order valence-electron chi connectivity index (χ0n) is 11.2. The summed E-state index contributed by atoms with van der Waals surface area (Å²) in [5.41, 5.74) is 1.48. The minimum atomic E-state index is -1.05. The minimum absolute atomic E-state index is 0.116. The van der Waals surface area contributed by atoms with Crippen molar-refractivity contribution >= 4 is 28.5 Å². The lowest BCUT2D eigenvalue weighted by molar-refractivity contribution is -0.136. The van der Waals surface area contributed by atoms with Gasteiger partial charge in [0.2, 0.25) is 0 Å². The first-order valence-corrected chi connectivity index (χ1v) is 6.81. The first-order valence-electron chi connectivity index (χ1n) is 6.43. The van der Waals surface area contributed by atoms with Crippen LogP contribution in [0.2, 0.25) is 5.02 Å². The lowest BCUT2D eigenvalue weighted by atomic mass is 10.0. The number of fused-ring (bicyclic) bond motifs is 1. The van der Waals surface area contributed by atoms with E-state index in [0.717, 1.165) is 12.1 Å². The van der Waals surface area contributed by atoms with E-state index >= 15 is 0 Å². The third-order valence-corrected chi connectivity index (χ3v) is 3.63. The Kier molecular flexibility index (Phi) is 3.58. The molecule has 0 bridgehead atoms. The predicted molar refractivity (Wildman–Crippen MR) is 80.0 cm³/mol. The fourth-order valence-electron chi connectivity index (χ4n) is 2.48. The van der Waals surface area contributed by atoms with Gasteiger partial charge in [-0.1, -0.05) is 11.6 Å². The van der Waals surface area contributed by atoms with Gasteiger partial charge in [0.25, 0.3) is 0 Å². The predicted octanol–water partition coefficient (Wildman–Crippen LogP) is 4.39. The normalized spacial score (nSPS) is 11.0. The van der Waals surface area contributed by atoms with Crippen molar-refractivity contribution in [2.45, 2.75) is 6.42 Å². The van der Waals surface area contributed by atoms with Gasteiger partial charge in [0.15, 0.2) is 0 Å².